The Morgan fingerprint density at radius 2 is 1.81 bits per heavy atom. The van der Waals surface area contributed by atoms with Crippen LogP contribution in [-0.2, 0) is 22.6 Å². The van der Waals surface area contributed by atoms with Crippen LogP contribution >= 0.6 is 0 Å². The van der Waals surface area contributed by atoms with Crippen LogP contribution in [0.5, 0.6) is 0 Å². The first-order chi connectivity index (χ1) is 17.6. The van der Waals surface area contributed by atoms with Gasteiger partial charge in [0.05, 0.1) is 0 Å². The Hall–Kier alpha value is -3.16. The maximum absolute atomic E-state index is 13.9. The summed E-state index contributed by atoms with van der Waals surface area (Å²) < 4.78 is 66.1. The second-order valence-corrected chi connectivity index (χ2v) is 9.38. The number of amides is 1. The van der Waals surface area contributed by atoms with Crippen LogP contribution in [0.3, 0.4) is 0 Å². The number of H-pyrrole nitrogens is 1. The van der Waals surface area contributed by atoms with E-state index in [9.17, 15) is 26.7 Å². The fourth-order valence-corrected chi connectivity index (χ4v) is 4.78. The van der Waals surface area contributed by atoms with Crippen molar-refractivity contribution in [1.82, 2.24) is 30.7 Å². The van der Waals surface area contributed by atoms with E-state index >= 15 is 0 Å². The second kappa shape index (κ2) is 12.9. The highest BCUT2D eigenvalue weighted by atomic mass is 32.2. The van der Waals surface area contributed by atoms with Crippen LogP contribution in [-0.4, -0.2) is 47.5 Å². The number of hydrogen-bond acceptors (Lipinski definition) is 6. The lowest BCUT2D eigenvalue weighted by Gasteiger charge is -2.32. The number of tetrazole rings is 1. The lowest BCUT2D eigenvalue weighted by atomic mass is 9.84. The lowest BCUT2D eigenvalue weighted by Crippen LogP contribution is -2.49. The minimum Gasteiger partial charge on any atom is -0.760 e. The molecule has 3 N–H and O–H groups in total. The molecule has 0 aliphatic heterocycles. The molecule has 0 radical (unpaired) electrons. The van der Waals surface area contributed by atoms with Crippen molar-refractivity contribution < 1.29 is 26.7 Å². The van der Waals surface area contributed by atoms with E-state index < -0.39 is 41.2 Å². The van der Waals surface area contributed by atoms with Gasteiger partial charge in [0.25, 0.3) is 0 Å². The average molecular weight is 538 g/mol. The molecule has 0 fully saturated rings. The maximum atomic E-state index is 13.9. The first-order valence-corrected chi connectivity index (χ1v) is 12.8. The summed E-state index contributed by atoms with van der Waals surface area (Å²) in [5, 5.41) is 16.4. The molecule has 0 spiro atoms. The summed E-state index contributed by atoms with van der Waals surface area (Å²) in [5.41, 5.74) is 3.02. The van der Waals surface area contributed by atoms with Gasteiger partial charge in [-0.25, -0.2) is 4.72 Å². The molecule has 0 aliphatic rings. The van der Waals surface area contributed by atoms with Crippen molar-refractivity contribution in [2.45, 2.75) is 51.9 Å². The average Bonchev–Trinajstić information content (AvgIpc) is 3.39. The zero-order valence-electron chi connectivity index (χ0n) is 20.3. The molecule has 200 valence electrons. The van der Waals surface area contributed by atoms with E-state index in [0.717, 1.165) is 16.7 Å². The van der Waals surface area contributed by atoms with Gasteiger partial charge in [0.15, 0.2) is 0 Å². The number of carbonyl (C=O) groups is 1. The highest BCUT2D eigenvalue weighted by Crippen LogP contribution is 2.35. The Bertz CT molecular complexity index is 1180. The van der Waals surface area contributed by atoms with Crippen LogP contribution in [0.2, 0.25) is 0 Å². The van der Waals surface area contributed by atoms with Gasteiger partial charge in [-0.2, -0.15) is 18.4 Å². The lowest BCUT2D eigenvalue weighted by molar-refractivity contribution is -0.194. The van der Waals surface area contributed by atoms with Crippen molar-refractivity contribution in [2.75, 3.05) is 0 Å². The van der Waals surface area contributed by atoms with Gasteiger partial charge in [-0.1, -0.05) is 75.2 Å². The van der Waals surface area contributed by atoms with E-state index in [1.807, 2.05) is 31.2 Å². The Morgan fingerprint density at radius 1 is 1.14 bits per heavy atom. The van der Waals surface area contributed by atoms with Gasteiger partial charge in [0.1, 0.15) is 5.92 Å². The van der Waals surface area contributed by atoms with Crippen molar-refractivity contribution in [3.05, 3.63) is 54.1 Å². The van der Waals surface area contributed by atoms with Gasteiger partial charge >= 0.3 is 6.18 Å². The number of benzene rings is 2. The van der Waals surface area contributed by atoms with Crippen molar-refractivity contribution in [1.29, 1.82) is 0 Å². The number of carbonyl (C=O) groups excluding carboxylic acids is 1. The largest absolute Gasteiger partial charge is 0.760 e. The van der Waals surface area contributed by atoms with Crippen LogP contribution in [0, 0.1) is 11.8 Å². The van der Waals surface area contributed by atoms with Crippen LogP contribution in [0.25, 0.3) is 22.5 Å². The summed E-state index contributed by atoms with van der Waals surface area (Å²) in [6.07, 6.45) is -3.45. The third-order valence-electron chi connectivity index (χ3n) is 6.16. The molecule has 0 saturated heterocycles. The fraction of sp³-hybridized carbons (Fsp3) is 0.417. The number of aromatic nitrogens is 4. The summed E-state index contributed by atoms with van der Waals surface area (Å²) in [5.74, 6) is -4.45. The van der Waals surface area contributed by atoms with Gasteiger partial charge in [-0.05, 0) is 34.2 Å². The van der Waals surface area contributed by atoms with E-state index in [1.165, 1.54) is 6.92 Å². The standard InChI is InChI=1S/C24H29F3N6O3S/c1-3-4-9-20(31-37(35)36)15(2)21(24(25,26)27)23(34)28-14-16-10-12-17(13-11-16)18-7-5-6-8-19(18)22-29-32-33-30-22/h5-8,10-13,15,20-21,31H,3-4,9,14H2,1-2H3,(H,28,34)(H,35,36)(H,29,30,32,33)/p-1. The molecule has 1 aromatic heterocycles. The molecule has 4 unspecified atom stereocenters. The van der Waals surface area contributed by atoms with Crippen molar-refractivity contribution in [3.8, 4) is 22.5 Å². The maximum Gasteiger partial charge on any atom is 0.400 e. The molecule has 9 nitrogen and oxygen atoms in total. The first-order valence-electron chi connectivity index (χ1n) is 11.7. The second-order valence-electron chi connectivity index (χ2n) is 8.68. The Kier molecular flexibility index (Phi) is 9.89. The number of rotatable bonds is 12. The number of unbranched alkanes of at least 4 members (excludes halogenated alkanes) is 1. The predicted octanol–water partition coefficient (Wildman–Crippen LogP) is 3.91. The molecule has 1 heterocycles. The number of alkyl halides is 3. The molecule has 0 aliphatic carbocycles. The number of nitrogens with zero attached hydrogens (tertiary/aromatic N) is 3. The quantitative estimate of drug-likeness (QED) is 0.300. The van der Waals surface area contributed by atoms with E-state index in [-0.39, 0.29) is 13.0 Å². The summed E-state index contributed by atoms with van der Waals surface area (Å²) in [7, 11) is 0. The highest BCUT2D eigenvalue weighted by molar-refractivity contribution is 7.77. The molecular weight excluding hydrogens is 509 g/mol. The molecule has 3 aromatic rings. The molecule has 0 bridgehead atoms. The Labute approximate surface area is 215 Å². The minimum absolute atomic E-state index is 0.120. The molecule has 13 heteroatoms. The molecule has 37 heavy (non-hydrogen) atoms. The first kappa shape index (κ1) is 28.4. The number of halogens is 3. The smallest absolute Gasteiger partial charge is 0.400 e. The topological polar surface area (TPSA) is 136 Å². The van der Waals surface area contributed by atoms with Crippen LogP contribution in [0.1, 0.15) is 38.7 Å². The van der Waals surface area contributed by atoms with E-state index in [0.29, 0.717) is 24.2 Å². The molecular formula is C24H28F3N6O3S-. The Balaban J connectivity index is 1.72. The number of aromatic amines is 1. The highest BCUT2D eigenvalue weighted by Gasteiger charge is 2.49. The van der Waals surface area contributed by atoms with E-state index in [4.69, 9.17) is 0 Å². The third-order valence-corrected chi connectivity index (χ3v) is 6.65. The SMILES string of the molecule is CCCCC(NS(=O)[O-])C(C)C(C(=O)NCc1ccc(-c2ccccc2-c2nn[nH]n2)cc1)C(F)(F)F. The summed E-state index contributed by atoms with van der Waals surface area (Å²) in [4.78, 5) is 12.7. The predicted molar refractivity (Wildman–Crippen MR) is 131 cm³/mol. The number of hydrogen-bond donors (Lipinski definition) is 3. The van der Waals surface area contributed by atoms with Crippen LogP contribution < -0.4 is 10.0 Å². The van der Waals surface area contributed by atoms with Crippen molar-refractivity contribution >= 4 is 17.2 Å². The summed E-state index contributed by atoms with van der Waals surface area (Å²) in [6, 6.07) is 13.4. The molecule has 2 aromatic carbocycles. The zero-order valence-corrected chi connectivity index (χ0v) is 21.1. The minimum atomic E-state index is -4.84. The molecule has 3 rings (SSSR count). The van der Waals surface area contributed by atoms with Crippen molar-refractivity contribution in [3.63, 3.8) is 0 Å². The van der Waals surface area contributed by atoms with Crippen LogP contribution in [0.15, 0.2) is 48.5 Å². The van der Waals surface area contributed by atoms with E-state index in [1.54, 1.807) is 24.3 Å². The Morgan fingerprint density at radius 3 is 2.38 bits per heavy atom. The zero-order chi connectivity index (χ0) is 27.0. The monoisotopic (exact) mass is 537 g/mol. The summed E-state index contributed by atoms with van der Waals surface area (Å²) in [6.45, 7) is 2.97. The van der Waals surface area contributed by atoms with Gasteiger partial charge in [-0.3, -0.25) is 9.00 Å². The van der Waals surface area contributed by atoms with E-state index in [2.05, 4.69) is 30.7 Å². The molecule has 4 atom stereocenters. The molecule has 0 saturated carbocycles. The van der Waals surface area contributed by atoms with Crippen LogP contribution in [0.4, 0.5) is 13.2 Å². The van der Waals surface area contributed by atoms with Gasteiger partial charge in [0.2, 0.25) is 11.7 Å². The fourth-order valence-electron chi connectivity index (χ4n) is 4.20. The van der Waals surface area contributed by atoms with Gasteiger partial charge < -0.3 is 9.87 Å². The summed E-state index contributed by atoms with van der Waals surface area (Å²) >= 11 is -2.75. The number of nitrogens with one attached hydrogen (secondary N) is 3. The van der Waals surface area contributed by atoms with Crippen molar-refractivity contribution in [2.24, 2.45) is 11.8 Å². The molecule has 1 amide bonds. The van der Waals surface area contributed by atoms with Gasteiger partial charge in [0, 0.05) is 29.4 Å². The third kappa shape index (κ3) is 7.66. The van der Waals surface area contributed by atoms with Gasteiger partial charge in [-0.15, -0.1) is 10.2 Å². The normalized spacial score (nSPS) is 15.1.